The molecule has 0 amide bonds. The molecule has 0 radical (unpaired) electrons. The van der Waals surface area contributed by atoms with Gasteiger partial charge in [-0.15, -0.1) is 0 Å². The van der Waals surface area contributed by atoms with Crippen LogP contribution in [0, 0.1) is 0 Å². The molecule has 0 heterocycles. The zero-order valence-electron chi connectivity index (χ0n) is 1.12. The molecule has 0 saturated heterocycles. The molecule has 4 heavy (non-hydrogen) atoms. The first-order chi connectivity index (χ1) is 0. The van der Waals surface area contributed by atoms with Gasteiger partial charge >= 0.3 is 37.7 Å². The van der Waals surface area contributed by atoms with Crippen molar-refractivity contribution in [2.75, 3.05) is 0 Å². The molecule has 0 bridgehead atoms. The molecule has 0 aromatic heterocycles. The first-order valence-corrected chi connectivity index (χ1v) is 0. The minimum absolute atomic E-state index is 0. The van der Waals surface area contributed by atoms with Crippen molar-refractivity contribution < 1.29 is 40.5 Å². The van der Waals surface area contributed by atoms with Crippen LogP contribution < -0.4 is 0 Å². The predicted molar refractivity (Wildman–Crippen MR) is 18.5 cm³/mol. The van der Waals surface area contributed by atoms with E-state index in [0.29, 0.717) is 0 Å². The normalized spacial score (nSPS) is 0. The molecule has 4 heteroatoms. The number of hydrogen-bond donors (Lipinski definition) is 0. The quantitative estimate of drug-likeness (QED) is 0.408. The van der Waals surface area contributed by atoms with E-state index in [4.69, 9.17) is 0 Å². The fraction of sp³-hybridized carbons (Fsp3) is 0. The van der Waals surface area contributed by atoms with Gasteiger partial charge in [0.25, 0.3) is 0 Å². The summed E-state index contributed by atoms with van der Waals surface area (Å²) in [6.45, 7) is 0. The number of hydrogen-bond acceptors (Lipinski definition) is 0. The van der Waals surface area contributed by atoms with Crippen LogP contribution in [-0.4, -0.2) is 46.2 Å². The van der Waals surface area contributed by atoms with E-state index in [1.165, 1.54) is 0 Å². The molecule has 0 saturated carbocycles. The van der Waals surface area contributed by atoms with Crippen LogP contribution in [-0.2, 0) is 40.5 Å². The predicted octanol–water partition coefficient (Wildman–Crippen LogP) is -2.11. The van der Waals surface area contributed by atoms with Gasteiger partial charge in [0.1, 0.15) is 0 Å². The van der Waals surface area contributed by atoms with Crippen molar-refractivity contribution in [1.29, 1.82) is 0 Å². The summed E-state index contributed by atoms with van der Waals surface area (Å²) in [5.74, 6) is 0. The molecule has 0 fully saturated rings. The van der Waals surface area contributed by atoms with Crippen molar-refractivity contribution in [3.8, 4) is 0 Å². The average molecular weight is 217 g/mol. The van der Waals surface area contributed by atoms with Gasteiger partial charge in [-0.25, -0.2) is 0 Å². The molecule has 0 aliphatic heterocycles. The molecule has 0 unspecified atom stereocenters. The molecule has 0 aromatic rings. The monoisotopic (exact) mass is 218 g/mol. The molecule has 0 N–H and O–H groups in total. The van der Waals surface area contributed by atoms with Crippen molar-refractivity contribution in [3.05, 3.63) is 0 Å². The Morgan fingerprint density at radius 1 is 1.00 bits per heavy atom. The van der Waals surface area contributed by atoms with Crippen molar-refractivity contribution in [1.82, 2.24) is 0 Å². The van der Waals surface area contributed by atoms with Gasteiger partial charge in [0.05, 0.1) is 8.41 Å². The Hall–Kier alpha value is 2.64. The zero-order chi connectivity index (χ0) is 0. The second-order valence-corrected chi connectivity index (χ2v) is 0. The first kappa shape index (κ1) is 30.3. The third kappa shape index (κ3) is 8.82. The summed E-state index contributed by atoms with van der Waals surface area (Å²) in [6.07, 6.45) is 0. The van der Waals surface area contributed by atoms with E-state index in [1.54, 1.807) is 0 Å². The Balaban J connectivity index is 0. The molecule has 0 aromatic carbocycles. The van der Waals surface area contributed by atoms with E-state index in [9.17, 15) is 0 Å². The fourth-order valence-electron chi connectivity index (χ4n) is 0. The summed E-state index contributed by atoms with van der Waals surface area (Å²) in [5, 5.41) is 0. The van der Waals surface area contributed by atoms with Crippen LogP contribution in [0.25, 0.3) is 0 Å². The van der Waals surface area contributed by atoms with Gasteiger partial charge in [-0.05, 0) is 0 Å². The van der Waals surface area contributed by atoms with Crippen molar-refractivity contribution in [2.24, 2.45) is 0 Å². The van der Waals surface area contributed by atoms with E-state index >= 15 is 0 Å². The SMILES string of the molecule is B.[CaH2].[Mo].[Zn]. The van der Waals surface area contributed by atoms with E-state index < -0.39 is 0 Å². The molecular weight excluding hydrogens is 212 g/mol. The van der Waals surface area contributed by atoms with Crippen LogP contribution in [0.15, 0.2) is 0 Å². The molecule has 0 rings (SSSR count). The molecule has 0 aliphatic rings. The minimum Gasteiger partial charge on any atom is 0 e. The van der Waals surface area contributed by atoms with Crippen LogP contribution in [0.1, 0.15) is 0 Å². The Morgan fingerprint density at radius 3 is 1.00 bits per heavy atom. The molecular formula is H5BCaMoZn. The van der Waals surface area contributed by atoms with Crippen LogP contribution in [0.3, 0.4) is 0 Å². The van der Waals surface area contributed by atoms with Gasteiger partial charge < -0.3 is 0 Å². The minimum atomic E-state index is 0. The van der Waals surface area contributed by atoms with Gasteiger partial charge in [0.15, 0.2) is 0 Å². The molecule has 0 spiro atoms. The van der Waals surface area contributed by atoms with Gasteiger partial charge in [-0.1, -0.05) is 0 Å². The van der Waals surface area contributed by atoms with E-state index in [1.807, 2.05) is 0 Å². The number of rotatable bonds is 0. The van der Waals surface area contributed by atoms with Crippen LogP contribution in [0.5, 0.6) is 0 Å². The average Bonchev–Trinajstić information content (AvgIpc) is 0. The Morgan fingerprint density at radius 2 is 1.00 bits per heavy atom. The van der Waals surface area contributed by atoms with Gasteiger partial charge in [0.2, 0.25) is 0 Å². The van der Waals surface area contributed by atoms with Crippen LogP contribution in [0.2, 0.25) is 0 Å². The van der Waals surface area contributed by atoms with Gasteiger partial charge in [0, 0.05) is 40.5 Å². The van der Waals surface area contributed by atoms with E-state index in [2.05, 4.69) is 0 Å². The summed E-state index contributed by atoms with van der Waals surface area (Å²) in [6, 6.07) is 0. The summed E-state index contributed by atoms with van der Waals surface area (Å²) in [7, 11) is 0. The third-order valence-corrected chi connectivity index (χ3v) is 0. The second kappa shape index (κ2) is 17.4. The Bertz CT molecular complexity index is 8.00. The first-order valence-electron chi connectivity index (χ1n) is 0. The van der Waals surface area contributed by atoms with Gasteiger partial charge in [-0.3, -0.25) is 0 Å². The zero-order valence-corrected chi connectivity index (χ0v) is 6.09. The fourth-order valence-corrected chi connectivity index (χ4v) is 0. The Kier molecular flexibility index (Phi) is 132. The van der Waals surface area contributed by atoms with Crippen molar-refractivity contribution in [2.45, 2.75) is 0 Å². The summed E-state index contributed by atoms with van der Waals surface area (Å²) >= 11 is 0. The smallest absolute Gasteiger partial charge is 0 e. The van der Waals surface area contributed by atoms with E-state index in [0.717, 1.165) is 0 Å². The molecule has 18 valence electrons. The van der Waals surface area contributed by atoms with Crippen molar-refractivity contribution >= 4 is 46.2 Å². The Labute approximate surface area is 85.1 Å². The molecule has 0 atom stereocenters. The summed E-state index contributed by atoms with van der Waals surface area (Å²) in [4.78, 5) is 0. The van der Waals surface area contributed by atoms with E-state index in [-0.39, 0.29) is 86.7 Å². The topological polar surface area (TPSA) is 0 Å². The van der Waals surface area contributed by atoms with Crippen molar-refractivity contribution in [3.63, 3.8) is 0 Å². The summed E-state index contributed by atoms with van der Waals surface area (Å²) in [5.41, 5.74) is 0. The summed E-state index contributed by atoms with van der Waals surface area (Å²) < 4.78 is 0. The van der Waals surface area contributed by atoms with Gasteiger partial charge in [-0.2, -0.15) is 0 Å². The maximum atomic E-state index is 0. The second-order valence-electron chi connectivity index (χ2n) is 0. The maximum Gasteiger partial charge on any atom is 0 e. The molecule has 0 aliphatic carbocycles. The van der Waals surface area contributed by atoms with Crippen LogP contribution >= 0.6 is 0 Å². The van der Waals surface area contributed by atoms with Crippen LogP contribution in [0.4, 0.5) is 0 Å². The maximum absolute atomic E-state index is 0. The largest absolute Gasteiger partial charge is 0 e. The third-order valence-electron chi connectivity index (χ3n) is 0. The molecule has 0 nitrogen and oxygen atoms in total. The standard InChI is InChI=1S/BH3.Ca.Mo.Zn.2H/h1H3;;;;;.